The molecule has 0 unspecified atom stereocenters. The van der Waals surface area contributed by atoms with Crippen molar-refractivity contribution >= 4 is 32.3 Å². The van der Waals surface area contributed by atoms with Gasteiger partial charge in [-0.05, 0) is 11.5 Å². The van der Waals surface area contributed by atoms with Gasteiger partial charge in [0.25, 0.3) is 10.0 Å². The fourth-order valence-electron chi connectivity index (χ4n) is 4.06. The van der Waals surface area contributed by atoms with E-state index in [1.165, 1.54) is 24.2 Å². The molecule has 5 heterocycles. The number of rotatable bonds is 6. The standard InChI is InChI=1S/C21H24N8O3S/c1-21(2)12-28(13-21)15-5-6-22-17(7-15)29-11-16(10-25-29)33(30,31)26-18-19-14(9-24-27(19)3)8-23-20(18)32-4/h5-11,26H,12-13H2,1-4H3. The van der Waals surface area contributed by atoms with Gasteiger partial charge in [-0.1, -0.05) is 13.8 Å². The maximum absolute atomic E-state index is 13.2. The molecular weight excluding hydrogens is 444 g/mol. The van der Waals surface area contributed by atoms with Crippen LogP contribution in [0.15, 0.2) is 48.0 Å². The first-order valence-corrected chi connectivity index (χ1v) is 11.8. The Morgan fingerprint density at radius 3 is 2.64 bits per heavy atom. The van der Waals surface area contributed by atoms with E-state index in [1.807, 2.05) is 12.1 Å². The van der Waals surface area contributed by atoms with Crippen LogP contribution in [0.2, 0.25) is 0 Å². The number of sulfonamides is 1. The quantitative estimate of drug-likeness (QED) is 0.457. The van der Waals surface area contributed by atoms with Crippen LogP contribution in [-0.2, 0) is 17.1 Å². The Morgan fingerprint density at radius 1 is 1.12 bits per heavy atom. The number of aromatic nitrogens is 6. The summed E-state index contributed by atoms with van der Waals surface area (Å²) >= 11 is 0. The van der Waals surface area contributed by atoms with Crippen LogP contribution >= 0.6 is 0 Å². The van der Waals surface area contributed by atoms with Gasteiger partial charge in [0.05, 0.1) is 31.2 Å². The summed E-state index contributed by atoms with van der Waals surface area (Å²) in [6, 6.07) is 3.84. The van der Waals surface area contributed by atoms with Gasteiger partial charge in [-0.25, -0.2) is 23.1 Å². The Labute approximate surface area is 191 Å². The van der Waals surface area contributed by atoms with E-state index in [0.717, 1.165) is 18.8 Å². The van der Waals surface area contributed by atoms with E-state index in [1.54, 1.807) is 30.3 Å². The van der Waals surface area contributed by atoms with E-state index in [2.05, 4.69) is 43.6 Å². The van der Waals surface area contributed by atoms with Crippen LogP contribution in [0.4, 0.5) is 11.4 Å². The molecule has 1 saturated heterocycles. The van der Waals surface area contributed by atoms with E-state index < -0.39 is 10.0 Å². The van der Waals surface area contributed by atoms with Crippen molar-refractivity contribution in [3.05, 3.63) is 43.1 Å². The predicted octanol–water partition coefficient (Wildman–Crippen LogP) is 2.20. The number of fused-ring (bicyclic) bond motifs is 1. The average Bonchev–Trinajstić information content (AvgIpc) is 3.40. The molecule has 1 aliphatic heterocycles. The second-order valence-corrected chi connectivity index (χ2v) is 10.5. The van der Waals surface area contributed by atoms with Gasteiger partial charge < -0.3 is 9.64 Å². The average molecular weight is 469 g/mol. The van der Waals surface area contributed by atoms with Gasteiger partial charge in [0.2, 0.25) is 5.88 Å². The molecule has 4 aromatic heterocycles. The minimum Gasteiger partial charge on any atom is -0.479 e. The molecule has 0 amide bonds. The molecule has 11 nitrogen and oxygen atoms in total. The summed E-state index contributed by atoms with van der Waals surface area (Å²) in [6.45, 7) is 6.35. The molecule has 5 rings (SSSR count). The first-order valence-electron chi connectivity index (χ1n) is 10.3. The van der Waals surface area contributed by atoms with Crippen molar-refractivity contribution in [1.82, 2.24) is 29.5 Å². The Bertz CT molecular complexity index is 1450. The number of hydrogen-bond acceptors (Lipinski definition) is 8. The lowest BCUT2D eigenvalue weighted by Crippen LogP contribution is -2.53. The van der Waals surface area contributed by atoms with Gasteiger partial charge in [-0.2, -0.15) is 10.2 Å². The summed E-state index contributed by atoms with van der Waals surface area (Å²) in [7, 11) is -0.841. The molecule has 0 saturated carbocycles. The number of methoxy groups -OCH3 is 1. The van der Waals surface area contributed by atoms with Crippen LogP contribution in [0, 0.1) is 5.41 Å². The highest BCUT2D eigenvalue weighted by Gasteiger charge is 2.34. The van der Waals surface area contributed by atoms with Crippen LogP contribution in [0.5, 0.6) is 5.88 Å². The lowest BCUT2D eigenvalue weighted by molar-refractivity contribution is 0.276. The highest BCUT2D eigenvalue weighted by atomic mass is 32.2. The number of anilines is 2. The zero-order valence-corrected chi connectivity index (χ0v) is 19.5. The van der Waals surface area contributed by atoms with E-state index in [0.29, 0.717) is 16.7 Å². The van der Waals surface area contributed by atoms with Gasteiger partial charge in [-0.3, -0.25) is 9.40 Å². The summed E-state index contributed by atoms with van der Waals surface area (Å²) in [5, 5.41) is 9.09. The van der Waals surface area contributed by atoms with Crippen molar-refractivity contribution in [2.24, 2.45) is 12.5 Å². The van der Waals surface area contributed by atoms with E-state index in [4.69, 9.17) is 4.74 Å². The van der Waals surface area contributed by atoms with Gasteiger partial charge in [0, 0.05) is 49.7 Å². The van der Waals surface area contributed by atoms with Gasteiger partial charge >= 0.3 is 0 Å². The lowest BCUT2D eigenvalue weighted by atomic mass is 9.84. The monoisotopic (exact) mass is 468 g/mol. The molecule has 0 atom stereocenters. The molecule has 12 heteroatoms. The van der Waals surface area contributed by atoms with Gasteiger partial charge in [0.1, 0.15) is 10.6 Å². The Morgan fingerprint density at radius 2 is 1.91 bits per heavy atom. The number of nitrogens with zero attached hydrogens (tertiary/aromatic N) is 7. The predicted molar refractivity (Wildman–Crippen MR) is 123 cm³/mol. The van der Waals surface area contributed by atoms with Crippen LogP contribution < -0.4 is 14.4 Å². The topological polar surface area (TPSA) is 120 Å². The number of pyridine rings is 2. The van der Waals surface area contributed by atoms with E-state index in [-0.39, 0.29) is 21.9 Å². The summed E-state index contributed by atoms with van der Waals surface area (Å²) < 4.78 is 37.3. The molecule has 0 bridgehead atoms. The van der Waals surface area contributed by atoms with Crippen LogP contribution in [0.3, 0.4) is 0 Å². The van der Waals surface area contributed by atoms with Crippen LogP contribution in [-0.4, -0.2) is 58.1 Å². The highest BCUT2D eigenvalue weighted by Crippen LogP contribution is 2.34. The summed E-state index contributed by atoms with van der Waals surface area (Å²) in [5.74, 6) is 0.681. The fourth-order valence-corrected chi connectivity index (χ4v) is 5.05. The number of ether oxygens (including phenoxy) is 1. The minimum absolute atomic E-state index is 0.0130. The normalized spacial score (nSPS) is 15.5. The van der Waals surface area contributed by atoms with E-state index >= 15 is 0 Å². The second-order valence-electron chi connectivity index (χ2n) is 8.83. The fraction of sp³-hybridized carbons (Fsp3) is 0.333. The van der Waals surface area contributed by atoms with Crippen molar-refractivity contribution < 1.29 is 13.2 Å². The Hall–Kier alpha value is -3.67. The largest absolute Gasteiger partial charge is 0.479 e. The zero-order valence-electron chi connectivity index (χ0n) is 18.7. The highest BCUT2D eigenvalue weighted by molar-refractivity contribution is 7.92. The Balaban J connectivity index is 1.45. The summed E-state index contributed by atoms with van der Waals surface area (Å²) in [6.07, 6.45) is 7.60. The maximum Gasteiger partial charge on any atom is 0.265 e. The molecule has 0 radical (unpaired) electrons. The first kappa shape index (κ1) is 21.2. The molecule has 0 spiro atoms. The molecule has 0 aromatic carbocycles. The SMILES string of the molecule is COc1ncc2cnn(C)c2c1NS(=O)(=O)c1cnn(-c2cc(N3CC(C)(C)C3)ccn2)c1. The molecule has 0 aliphatic carbocycles. The number of aryl methyl sites for hydroxylation is 1. The van der Waals surface area contributed by atoms with Gasteiger partial charge in [0.15, 0.2) is 5.82 Å². The molecule has 1 fully saturated rings. The molecule has 1 N–H and O–H groups in total. The lowest BCUT2D eigenvalue weighted by Gasteiger charge is -2.47. The number of hydrogen-bond donors (Lipinski definition) is 1. The third-order valence-corrected chi connectivity index (χ3v) is 6.91. The van der Waals surface area contributed by atoms with Crippen molar-refractivity contribution in [3.63, 3.8) is 0 Å². The minimum atomic E-state index is -3.99. The molecule has 1 aliphatic rings. The molecule has 33 heavy (non-hydrogen) atoms. The summed E-state index contributed by atoms with van der Waals surface area (Å²) in [5.41, 5.74) is 2.08. The van der Waals surface area contributed by atoms with Crippen molar-refractivity contribution in [2.45, 2.75) is 18.7 Å². The Kier molecular flexibility index (Phi) is 4.78. The van der Waals surface area contributed by atoms with Crippen LogP contribution in [0.1, 0.15) is 13.8 Å². The van der Waals surface area contributed by atoms with E-state index in [9.17, 15) is 8.42 Å². The van der Waals surface area contributed by atoms with Crippen molar-refractivity contribution in [3.8, 4) is 11.7 Å². The van der Waals surface area contributed by atoms with Gasteiger partial charge in [-0.15, -0.1) is 0 Å². The van der Waals surface area contributed by atoms with Crippen molar-refractivity contribution in [1.29, 1.82) is 0 Å². The molecule has 172 valence electrons. The number of nitrogens with one attached hydrogen (secondary N) is 1. The maximum atomic E-state index is 13.2. The third-order valence-electron chi connectivity index (χ3n) is 5.60. The summed E-state index contributed by atoms with van der Waals surface area (Å²) in [4.78, 5) is 10.8. The van der Waals surface area contributed by atoms with Crippen molar-refractivity contribution in [2.75, 3.05) is 29.8 Å². The second kappa shape index (κ2) is 7.44. The third kappa shape index (κ3) is 3.75. The first-order chi connectivity index (χ1) is 15.7. The van der Waals surface area contributed by atoms with Crippen LogP contribution in [0.25, 0.3) is 16.7 Å². The molecular formula is C21H24N8O3S. The smallest absolute Gasteiger partial charge is 0.265 e. The molecule has 4 aromatic rings. The zero-order chi connectivity index (χ0) is 23.4.